The van der Waals surface area contributed by atoms with Crippen LogP contribution in [0.5, 0.6) is 5.75 Å². The molecule has 1 aromatic rings. The first-order chi connectivity index (χ1) is 9.71. The lowest BCUT2D eigenvalue weighted by Crippen LogP contribution is -2.54. The summed E-state index contributed by atoms with van der Waals surface area (Å²) >= 11 is 0. The predicted octanol–water partition coefficient (Wildman–Crippen LogP) is 3.81. The molecule has 0 aromatic heterocycles. The van der Waals surface area contributed by atoms with Gasteiger partial charge in [0.1, 0.15) is 5.75 Å². The van der Waals surface area contributed by atoms with Crippen molar-refractivity contribution >= 4 is 0 Å². The van der Waals surface area contributed by atoms with E-state index in [1.54, 1.807) is 7.11 Å². The van der Waals surface area contributed by atoms with E-state index in [2.05, 4.69) is 25.1 Å². The first-order valence-electron chi connectivity index (χ1n) is 8.14. The van der Waals surface area contributed by atoms with Crippen LogP contribution in [-0.4, -0.2) is 13.2 Å². The van der Waals surface area contributed by atoms with Gasteiger partial charge in [0.05, 0.1) is 7.11 Å². The minimum absolute atomic E-state index is 0.174. The molecule has 0 heterocycles. The normalized spacial score (nSPS) is 33.0. The lowest BCUT2D eigenvalue weighted by atomic mass is 9.58. The smallest absolute Gasteiger partial charge is 0.119 e. The first kappa shape index (κ1) is 13.9. The molecule has 1 aromatic carbocycles. The SMILES string of the molecule is CC[C@@]12CCCCCC(Cc3ccc(OC)cc31)[C@@H]2N. The van der Waals surface area contributed by atoms with Crippen LogP contribution in [0, 0.1) is 5.92 Å². The summed E-state index contributed by atoms with van der Waals surface area (Å²) in [7, 11) is 1.75. The number of hydrogen-bond acceptors (Lipinski definition) is 2. The molecule has 2 aliphatic rings. The summed E-state index contributed by atoms with van der Waals surface area (Å²) in [5.41, 5.74) is 9.93. The highest BCUT2D eigenvalue weighted by atomic mass is 16.5. The number of fused-ring (bicyclic) bond motifs is 4. The third-order valence-corrected chi connectivity index (χ3v) is 5.81. The molecule has 0 saturated heterocycles. The molecule has 1 fully saturated rings. The number of ether oxygens (including phenoxy) is 1. The van der Waals surface area contributed by atoms with Gasteiger partial charge in [-0.1, -0.05) is 32.3 Å². The van der Waals surface area contributed by atoms with Crippen molar-refractivity contribution in [2.75, 3.05) is 7.11 Å². The van der Waals surface area contributed by atoms with Gasteiger partial charge in [0.15, 0.2) is 0 Å². The van der Waals surface area contributed by atoms with E-state index in [1.807, 2.05) is 0 Å². The van der Waals surface area contributed by atoms with Gasteiger partial charge < -0.3 is 10.5 Å². The molecule has 3 atom stereocenters. The van der Waals surface area contributed by atoms with E-state index in [0.717, 1.165) is 18.6 Å². The summed E-state index contributed by atoms with van der Waals surface area (Å²) in [5, 5.41) is 0. The lowest BCUT2D eigenvalue weighted by molar-refractivity contribution is 0.179. The highest BCUT2D eigenvalue weighted by Gasteiger charge is 2.45. The molecule has 2 heteroatoms. The number of hydrogen-bond donors (Lipinski definition) is 1. The van der Waals surface area contributed by atoms with Crippen molar-refractivity contribution in [1.82, 2.24) is 0 Å². The zero-order valence-corrected chi connectivity index (χ0v) is 12.8. The molecular formula is C18H27NO. The van der Waals surface area contributed by atoms with Crippen LogP contribution in [0.15, 0.2) is 18.2 Å². The maximum absolute atomic E-state index is 6.76. The van der Waals surface area contributed by atoms with E-state index in [1.165, 1.54) is 43.2 Å². The number of nitrogens with two attached hydrogens (primary N) is 1. The summed E-state index contributed by atoms with van der Waals surface area (Å²) in [6.07, 6.45) is 8.86. The molecule has 2 nitrogen and oxygen atoms in total. The second kappa shape index (κ2) is 5.40. The molecule has 0 aliphatic heterocycles. The molecule has 0 amide bonds. The molecule has 0 spiro atoms. The molecule has 3 rings (SSSR count). The zero-order valence-electron chi connectivity index (χ0n) is 12.8. The Labute approximate surface area is 122 Å². The van der Waals surface area contributed by atoms with Crippen LogP contribution >= 0.6 is 0 Å². The molecule has 20 heavy (non-hydrogen) atoms. The average molecular weight is 273 g/mol. The average Bonchev–Trinajstić information content (AvgIpc) is 2.48. The van der Waals surface area contributed by atoms with E-state index in [9.17, 15) is 0 Å². The topological polar surface area (TPSA) is 35.2 Å². The van der Waals surface area contributed by atoms with E-state index >= 15 is 0 Å². The van der Waals surface area contributed by atoms with Gasteiger partial charge >= 0.3 is 0 Å². The van der Waals surface area contributed by atoms with Crippen molar-refractivity contribution in [2.24, 2.45) is 11.7 Å². The standard InChI is InChI=1S/C18H27NO/c1-3-18-10-6-4-5-7-14(17(18)19)11-13-8-9-15(20-2)12-16(13)18/h8-9,12,14,17H,3-7,10-11,19H2,1-2H3/t14?,17-,18+/m0/s1. The summed E-state index contributed by atoms with van der Waals surface area (Å²) in [4.78, 5) is 0. The number of benzene rings is 1. The van der Waals surface area contributed by atoms with Gasteiger partial charge in [0.2, 0.25) is 0 Å². The van der Waals surface area contributed by atoms with Gasteiger partial charge in [0, 0.05) is 11.5 Å². The largest absolute Gasteiger partial charge is 0.497 e. The van der Waals surface area contributed by atoms with Crippen molar-refractivity contribution < 1.29 is 4.74 Å². The third kappa shape index (κ3) is 2.05. The Morgan fingerprint density at radius 1 is 1.30 bits per heavy atom. The fourth-order valence-corrected chi connectivity index (χ4v) is 4.57. The maximum atomic E-state index is 6.76. The van der Waals surface area contributed by atoms with E-state index < -0.39 is 0 Å². The van der Waals surface area contributed by atoms with Gasteiger partial charge in [-0.15, -0.1) is 0 Å². The summed E-state index contributed by atoms with van der Waals surface area (Å²) in [6, 6.07) is 6.96. The van der Waals surface area contributed by atoms with Crippen LogP contribution < -0.4 is 10.5 Å². The monoisotopic (exact) mass is 273 g/mol. The molecule has 1 unspecified atom stereocenters. The quantitative estimate of drug-likeness (QED) is 0.889. The van der Waals surface area contributed by atoms with Crippen molar-refractivity contribution in [1.29, 1.82) is 0 Å². The second-order valence-corrected chi connectivity index (χ2v) is 6.62. The summed E-state index contributed by atoms with van der Waals surface area (Å²) in [6.45, 7) is 2.31. The number of rotatable bonds is 2. The van der Waals surface area contributed by atoms with Gasteiger partial charge in [-0.25, -0.2) is 0 Å². The van der Waals surface area contributed by atoms with Gasteiger partial charge in [-0.2, -0.15) is 0 Å². The molecule has 2 aliphatic carbocycles. The van der Waals surface area contributed by atoms with Gasteiger partial charge in [-0.3, -0.25) is 0 Å². The molecule has 1 saturated carbocycles. The fourth-order valence-electron chi connectivity index (χ4n) is 4.57. The maximum Gasteiger partial charge on any atom is 0.119 e. The summed E-state index contributed by atoms with van der Waals surface area (Å²) in [5.74, 6) is 1.64. The fraction of sp³-hybridized carbons (Fsp3) is 0.667. The Kier molecular flexibility index (Phi) is 3.76. The zero-order chi connectivity index (χ0) is 14.2. The van der Waals surface area contributed by atoms with E-state index in [0.29, 0.717) is 12.0 Å². The Hall–Kier alpha value is -1.02. The Morgan fingerprint density at radius 2 is 2.15 bits per heavy atom. The Balaban J connectivity index is 2.13. The van der Waals surface area contributed by atoms with E-state index in [-0.39, 0.29) is 5.41 Å². The molecular weight excluding hydrogens is 246 g/mol. The van der Waals surface area contributed by atoms with Gasteiger partial charge in [0.25, 0.3) is 0 Å². The highest BCUT2D eigenvalue weighted by Crippen LogP contribution is 2.48. The molecule has 0 radical (unpaired) electrons. The predicted molar refractivity (Wildman–Crippen MR) is 83.2 cm³/mol. The van der Waals surface area contributed by atoms with Crippen LogP contribution in [-0.2, 0) is 11.8 Å². The molecule has 110 valence electrons. The Morgan fingerprint density at radius 3 is 2.90 bits per heavy atom. The van der Waals surface area contributed by atoms with Gasteiger partial charge in [-0.05, 0) is 54.9 Å². The lowest BCUT2D eigenvalue weighted by Gasteiger charge is -2.49. The van der Waals surface area contributed by atoms with Crippen molar-refractivity contribution in [2.45, 2.75) is 63.3 Å². The first-order valence-corrected chi connectivity index (χ1v) is 8.14. The minimum Gasteiger partial charge on any atom is -0.497 e. The van der Waals surface area contributed by atoms with Crippen molar-refractivity contribution in [3.05, 3.63) is 29.3 Å². The van der Waals surface area contributed by atoms with Crippen molar-refractivity contribution in [3.8, 4) is 5.75 Å². The van der Waals surface area contributed by atoms with Crippen LogP contribution in [0.1, 0.15) is 56.6 Å². The Bertz CT molecular complexity index is 484. The van der Waals surface area contributed by atoms with Crippen LogP contribution in [0.3, 0.4) is 0 Å². The number of methoxy groups -OCH3 is 1. The summed E-state index contributed by atoms with van der Waals surface area (Å²) < 4.78 is 5.46. The third-order valence-electron chi connectivity index (χ3n) is 5.81. The van der Waals surface area contributed by atoms with Crippen molar-refractivity contribution in [3.63, 3.8) is 0 Å². The van der Waals surface area contributed by atoms with Crippen LogP contribution in [0.25, 0.3) is 0 Å². The van der Waals surface area contributed by atoms with E-state index in [4.69, 9.17) is 10.5 Å². The second-order valence-electron chi connectivity index (χ2n) is 6.62. The highest BCUT2D eigenvalue weighted by molar-refractivity contribution is 5.44. The van der Waals surface area contributed by atoms with Crippen LogP contribution in [0.2, 0.25) is 0 Å². The minimum atomic E-state index is 0.174. The molecule has 2 bridgehead atoms. The molecule has 2 N–H and O–H groups in total. The van der Waals surface area contributed by atoms with Crippen LogP contribution in [0.4, 0.5) is 0 Å².